The smallest absolute Gasteiger partial charge is 0.338 e. The number of phenolic OH excluding ortho intramolecular Hbond substituents is 1. The predicted molar refractivity (Wildman–Crippen MR) is 127 cm³/mol. The van der Waals surface area contributed by atoms with Crippen molar-refractivity contribution in [3.05, 3.63) is 101 Å². The normalized spacial score (nSPS) is 14.5. The molecule has 1 aromatic heterocycles. The number of rotatable bonds is 5. The Hall–Kier alpha value is -4.57. The lowest BCUT2D eigenvalue weighted by molar-refractivity contribution is 0.0470. The number of carbonyl (C=O) groups excluding carboxylic acids is 1. The van der Waals surface area contributed by atoms with E-state index in [0.717, 1.165) is 16.7 Å². The van der Waals surface area contributed by atoms with E-state index in [1.165, 1.54) is 0 Å². The topological polar surface area (TPSA) is 100 Å². The maximum atomic E-state index is 13.0. The van der Waals surface area contributed by atoms with Crippen LogP contribution in [-0.4, -0.2) is 27.4 Å². The van der Waals surface area contributed by atoms with Crippen LogP contribution in [0.25, 0.3) is 11.3 Å². The summed E-state index contributed by atoms with van der Waals surface area (Å²) in [5, 5.41) is 27.6. The average Bonchev–Trinajstić information content (AvgIpc) is 3.27. The lowest BCUT2D eigenvalue weighted by atomic mass is 9.96. The third-order valence-corrected chi connectivity index (χ3v) is 5.92. The molecule has 0 aliphatic carbocycles. The Bertz CT molecular complexity index is 1370. The lowest BCUT2D eigenvalue weighted by Gasteiger charge is -2.27. The van der Waals surface area contributed by atoms with E-state index in [9.17, 15) is 15.2 Å². The fourth-order valence-electron chi connectivity index (χ4n) is 4.27. The van der Waals surface area contributed by atoms with Gasteiger partial charge in [-0.05, 0) is 47.9 Å². The summed E-state index contributed by atoms with van der Waals surface area (Å²) in [4.78, 5) is 13.0. The highest BCUT2D eigenvalue weighted by atomic mass is 16.5. The number of aromatic hydroxyl groups is 1. The molecule has 2 heterocycles. The van der Waals surface area contributed by atoms with Gasteiger partial charge in [-0.3, -0.25) is 0 Å². The number of hydrogen-bond donors (Lipinski definition) is 2. The van der Waals surface area contributed by atoms with Crippen LogP contribution in [-0.2, 0) is 11.3 Å². The standard InChI is InChI=1S/C27H22N4O3/c28-16-23-25(19-10-12-20(32)13-11-19)30-31-24(14-15-29-26(23)31)21-8-4-5-9-22(21)27(33)34-17-18-6-2-1-3-7-18/h1-13,24,29,32H,14-15,17H2. The number of anilines is 1. The molecule has 0 spiro atoms. The van der Waals surface area contributed by atoms with E-state index in [0.29, 0.717) is 35.6 Å². The Labute approximate surface area is 196 Å². The molecule has 7 nitrogen and oxygen atoms in total. The molecule has 1 aliphatic heterocycles. The number of hydrogen-bond acceptors (Lipinski definition) is 6. The first-order chi connectivity index (χ1) is 16.7. The summed E-state index contributed by atoms with van der Waals surface area (Å²) in [6.45, 7) is 0.824. The van der Waals surface area contributed by atoms with Gasteiger partial charge in [0.2, 0.25) is 0 Å². The largest absolute Gasteiger partial charge is 0.508 e. The summed E-state index contributed by atoms with van der Waals surface area (Å²) in [5.41, 5.74) is 3.89. The van der Waals surface area contributed by atoms with Gasteiger partial charge in [-0.25, -0.2) is 9.48 Å². The van der Waals surface area contributed by atoms with Crippen molar-refractivity contribution < 1.29 is 14.6 Å². The molecule has 0 saturated heterocycles. The Morgan fingerprint density at radius 1 is 1.09 bits per heavy atom. The highest BCUT2D eigenvalue weighted by molar-refractivity contribution is 5.91. The maximum Gasteiger partial charge on any atom is 0.338 e. The number of esters is 1. The van der Waals surface area contributed by atoms with E-state index in [2.05, 4.69) is 11.4 Å². The summed E-state index contributed by atoms with van der Waals surface area (Å²) in [5.74, 6) is 0.366. The third kappa shape index (κ3) is 3.97. The van der Waals surface area contributed by atoms with Crippen molar-refractivity contribution in [1.82, 2.24) is 9.78 Å². The van der Waals surface area contributed by atoms with Gasteiger partial charge >= 0.3 is 5.97 Å². The summed E-state index contributed by atoms with van der Waals surface area (Å²) < 4.78 is 7.39. The number of nitrogens with zero attached hydrogens (tertiary/aromatic N) is 3. The second-order valence-electron chi connectivity index (χ2n) is 8.06. The Morgan fingerprint density at radius 2 is 1.82 bits per heavy atom. The summed E-state index contributed by atoms with van der Waals surface area (Å²) >= 11 is 0. The Balaban J connectivity index is 1.50. The van der Waals surface area contributed by atoms with Crippen LogP contribution in [0.5, 0.6) is 5.75 Å². The first kappa shape index (κ1) is 21.3. The van der Waals surface area contributed by atoms with Crippen LogP contribution in [0.2, 0.25) is 0 Å². The fraction of sp³-hybridized carbons (Fsp3) is 0.148. The van der Waals surface area contributed by atoms with Crippen molar-refractivity contribution in [2.24, 2.45) is 0 Å². The molecule has 1 atom stereocenters. The second kappa shape index (κ2) is 9.12. The van der Waals surface area contributed by atoms with Crippen molar-refractivity contribution in [3.8, 4) is 23.1 Å². The van der Waals surface area contributed by atoms with Crippen LogP contribution in [0, 0.1) is 11.3 Å². The predicted octanol–water partition coefficient (Wildman–Crippen LogP) is 4.89. The van der Waals surface area contributed by atoms with Crippen molar-refractivity contribution in [3.63, 3.8) is 0 Å². The molecule has 5 rings (SSSR count). The van der Waals surface area contributed by atoms with Gasteiger partial charge in [0.05, 0.1) is 11.6 Å². The first-order valence-corrected chi connectivity index (χ1v) is 11.0. The Morgan fingerprint density at radius 3 is 2.59 bits per heavy atom. The number of benzene rings is 3. The zero-order valence-electron chi connectivity index (χ0n) is 18.3. The first-order valence-electron chi connectivity index (χ1n) is 11.0. The SMILES string of the molecule is N#Cc1c(-c2ccc(O)cc2)nn2c1NCCC2c1ccccc1C(=O)OCc1ccccc1. The number of carbonyl (C=O) groups is 1. The lowest BCUT2D eigenvalue weighted by Crippen LogP contribution is -2.26. The molecule has 7 heteroatoms. The van der Waals surface area contributed by atoms with Gasteiger partial charge in [0.25, 0.3) is 0 Å². The molecule has 4 aromatic rings. The summed E-state index contributed by atoms with van der Waals surface area (Å²) in [7, 11) is 0. The number of aromatic nitrogens is 2. The van der Waals surface area contributed by atoms with Crippen molar-refractivity contribution in [2.45, 2.75) is 19.1 Å². The third-order valence-electron chi connectivity index (χ3n) is 5.92. The van der Waals surface area contributed by atoms with E-state index in [-0.39, 0.29) is 18.4 Å². The molecule has 1 aliphatic rings. The zero-order chi connectivity index (χ0) is 23.5. The zero-order valence-corrected chi connectivity index (χ0v) is 18.3. The monoisotopic (exact) mass is 450 g/mol. The molecular weight excluding hydrogens is 428 g/mol. The average molecular weight is 450 g/mol. The fourth-order valence-corrected chi connectivity index (χ4v) is 4.27. The molecule has 168 valence electrons. The minimum atomic E-state index is -0.397. The molecule has 1 unspecified atom stereocenters. The van der Waals surface area contributed by atoms with Gasteiger partial charge in [-0.1, -0.05) is 48.5 Å². The molecule has 0 radical (unpaired) electrons. The number of nitrogens with one attached hydrogen (secondary N) is 1. The van der Waals surface area contributed by atoms with Crippen LogP contribution in [0.4, 0.5) is 5.82 Å². The van der Waals surface area contributed by atoms with Gasteiger partial charge in [0.1, 0.15) is 35.5 Å². The van der Waals surface area contributed by atoms with E-state index < -0.39 is 5.97 Å². The van der Waals surface area contributed by atoms with Gasteiger partial charge in [0, 0.05) is 12.1 Å². The molecule has 0 saturated carbocycles. The molecule has 2 N–H and O–H groups in total. The summed E-state index contributed by atoms with van der Waals surface area (Å²) in [6.07, 6.45) is 0.692. The van der Waals surface area contributed by atoms with Crippen LogP contribution in [0.15, 0.2) is 78.9 Å². The number of phenols is 1. The minimum absolute atomic E-state index is 0.144. The van der Waals surface area contributed by atoms with Gasteiger partial charge < -0.3 is 15.2 Å². The van der Waals surface area contributed by atoms with Crippen molar-refractivity contribution in [1.29, 1.82) is 5.26 Å². The maximum absolute atomic E-state index is 13.0. The summed E-state index contributed by atoms with van der Waals surface area (Å²) in [6, 6.07) is 25.6. The number of ether oxygens (including phenoxy) is 1. The van der Waals surface area contributed by atoms with Crippen LogP contribution in [0.3, 0.4) is 0 Å². The van der Waals surface area contributed by atoms with E-state index in [1.807, 2.05) is 48.5 Å². The molecular formula is C27H22N4O3. The minimum Gasteiger partial charge on any atom is -0.508 e. The van der Waals surface area contributed by atoms with E-state index in [4.69, 9.17) is 9.84 Å². The molecule has 0 fully saturated rings. The molecule has 0 bridgehead atoms. The van der Waals surface area contributed by atoms with Crippen LogP contribution < -0.4 is 5.32 Å². The van der Waals surface area contributed by atoms with Gasteiger partial charge in [0.15, 0.2) is 0 Å². The van der Waals surface area contributed by atoms with Crippen LogP contribution >= 0.6 is 0 Å². The van der Waals surface area contributed by atoms with Gasteiger partial charge in [-0.2, -0.15) is 10.4 Å². The quantitative estimate of drug-likeness (QED) is 0.420. The number of fused-ring (bicyclic) bond motifs is 1. The highest BCUT2D eigenvalue weighted by Crippen LogP contribution is 2.37. The Kier molecular flexibility index (Phi) is 5.71. The van der Waals surface area contributed by atoms with Crippen LogP contribution in [0.1, 0.15) is 39.5 Å². The number of nitriles is 1. The highest BCUT2D eigenvalue weighted by Gasteiger charge is 2.30. The molecule has 34 heavy (non-hydrogen) atoms. The van der Waals surface area contributed by atoms with Gasteiger partial charge in [-0.15, -0.1) is 0 Å². The molecule has 3 aromatic carbocycles. The van der Waals surface area contributed by atoms with E-state index >= 15 is 0 Å². The second-order valence-corrected chi connectivity index (χ2v) is 8.06. The molecule has 0 amide bonds. The van der Waals surface area contributed by atoms with Crippen molar-refractivity contribution in [2.75, 3.05) is 11.9 Å². The van der Waals surface area contributed by atoms with Crippen molar-refractivity contribution >= 4 is 11.8 Å². The van der Waals surface area contributed by atoms with E-state index in [1.54, 1.807) is 35.0 Å².